The maximum atomic E-state index is 12.5. The molecule has 0 heterocycles. The SMILES string of the molecule is CCCCOc1ccc(/C=C(\C#N)C(=O)Nc2cccc(C(=O)OCCC)c2)cc1. The van der Waals surface area contributed by atoms with Gasteiger partial charge in [0, 0.05) is 5.69 Å². The van der Waals surface area contributed by atoms with Gasteiger partial charge in [-0.2, -0.15) is 5.26 Å². The molecule has 0 saturated carbocycles. The van der Waals surface area contributed by atoms with Crippen LogP contribution in [0.25, 0.3) is 6.08 Å². The van der Waals surface area contributed by atoms with Gasteiger partial charge in [-0.15, -0.1) is 0 Å². The predicted molar refractivity (Wildman–Crippen MR) is 116 cm³/mol. The van der Waals surface area contributed by atoms with Crippen molar-refractivity contribution < 1.29 is 19.1 Å². The van der Waals surface area contributed by atoms with Crippen LogP contribution in [0.3, 0.4) is 0 Å². The summed E-state index contributed by atoms with van der Waals surface area (Å²) >= 11 is 0. The number of nitriles is 1. The zero-order valence-electron chi connectivity index (χ0n) is 17.3. The number of hydrogen-bond donors (Lipinski definition) is 1. The van der Waals surface area contributed by atoms with Crippen LogP contribution in [0, 0.1) is 11.3 Å². The van der Waals surface area contributed by atoms with Gasteiger partial charge in [0.25, 0.3) is 5.91 Å². The molecule has 0 unspecified atom stereocenters. The third-order valence-electron chi connectivity index (χ3n) is 4.12. The van der Waals surface area contributed by atoms with Crippen molar-refractivity contribution in [1.29, 1.82) is 5.26 Å². The Balaban J connectivity index is 2.06. The minimum Gasteiger partial charge on any atom is -0.494 e. The van der Waals surface area contributed by atoms with E-state index in [4.69, 9.17) is 9.47 Å². The number of nitrogens with one attached hydrogen (secondary N) is 1. The summed E-state index contributed by atoms with van der Waals surface area (Å²) in [6.45, 7) is 4.99. The van der Waals surface area contributed by atoms with Crippen molar-refractivity contribution in [2.45, 2.75) is 33.1 Å². The minimum atomic E-state index is -0.556. The number of carbonyl (C=O) groups excluding carboxylic acids is 2. The summed E-state index contributed by atoms with van der Waals surface area (Å²) in [5.74, 6) is -0.263. The Labute approximate surface area is 177 Å². The van der Waals surface area contributed by atoms with Gasteiger partial charge in [-0.3, -0.25) is 4.79 Å². The Morgan fingerprint density at radius 2 is 1.83 bits per heavy atom. The quantitative estimate of drug-likeness (QED) is 0.260. The van der Waals surface area contributed by atoms with E-state index in [2.05, 4.69) is 12.2 Å². The summed E-state index contributed by atoms with van der Waals surface area (Å²) in [4.78, 5) is 24.5. The van der Waals surface area contributed by atoms with Gasteiger partial charge in [-0.25, -0.2) is 4.79 Å². The van der Waals surface area contributed by atoms with Gasteiger partial charge < -0.3 is 14.8 Å². The number of hydrogen-bond acceptors (Lipinski definition) is 5. The van der Waals surface area contributed by atoms with Gasteiger partial charge in [0.15, 0.2) is 0 Å². The Morgan fingerprint density at radius 3 is 2.50 bits per heavy atom. The lowest BCUT2D eigenvalue weighted by Crippen LogP contribution is -2.14. The van der Waals surface area contributed by atoms with E-state index in [1.54, 1.807) is 42.5 Å². The molecule has 0 atom stereocenters. The number of esters is 1. The summed E-state index contributed by atoms with van der Waals surface area (Å²) < 4.78 is 10.7. The predicted octanol–water partition coefficient (Wildman–Crippen LogP) is 4.98. The molecule has 30 heavy (non-hydrogen) atoms. The Hall–Kier alpha value is -3.59. The zero-order chi connectivity index (χ0) is 21.8. The molecule has 1 N–H and O–H groups in total. The third-order valence-corrected chi connectivity index (χ3v) is 4.12. The van der Waals surface area contributed by atoms with E-state index in [9.17, 15) is 14.9 Å². The fourth-order valence-electron chi connectivity index (χ4n) is 2.51. The van der Waals surface area contributed by atoms with E-state index >= 15 is 0 Å². The monoisotopic (exact) mass is 406 g/mol. The largest absolute Gasteiger partial charge is 0.494 e. The molecular weight excluding hydrogens is 380 g/mol. The van der Waals surface area contributed by atoms with Gasteiger partial charge >= 0.3 is 5.97 Å². The lowest BCUT2D eigenvalue weighted by molar-refractivity contribution is -0.112. The number of amides is 1. The molecule has 2 rings (SSSR count). The van der Waals surface area contributed by atoms with Crippen molar-refractivity contribution in [3.63, 3.8) is 0 Å². The van der Waals surface area contributed by atoms with Gasteiger partial charge in [0.05, 0.1) is 18.8 Å². The standard InChI is InChI=1S/C24H26N2O4/c1-3-5-14-29-22-11-9-18(10-12-22)15-20(17-25)23(27)26-21-8-6-7-19(16-21)24(28)30-13-4-2/h6-12,15-16H,3-5,13-14H2,1-2H3,(H,26,27)/b20-15+. The van der Waals surface area contributed by atoms with E-state index in [1.807, 2.05) is 13.0 Å². The Morgan fingerprint density at radius 1 is 1.07 bits per heavy atom. The molecule has 0 bridgehead atoms. The van der Waals surface area contributed by atoms with E-state index in [0.29, 0.717) is 30.0 Å². The first-order valence-electron chi connectivity index (χ1n) is 10.0. The van der Waals surface area contributed by atoms with Crippen molar-refractivity contribution in [3.8, 4) is 11.8 Å². The number of rotatable bonds is 10. The molecule has 0 fully saturated rings. The van der Waals surface area contributed by atoms with Crippen LogP contribution in [0.5, 0.6) is 5.75 Å². The molecule has 0 aromatic heterocycles. The van der Waals surface area contributed by atoms with Crippen molar-refractivity contribution in [2.24, 2.45) is 0 Å². The van der Waals surface area contributed by atoms with Crippen molar-refractivity contribution in [2.75, 3.05) is 18.5 Å². The van der Waals surface area contributed by atoms with Crippen molar-refractivity contribution in [1.82, 2.24) is 0 Å². The van der Waals surface area contributed by atoms with Crippen LogP contribution in [-0.4, -0.2) is 25.1 Å². The number of benzene rings is 2. The minimum absolute atomic E-state index is 0.0476. The molecule has 0 spiro atoms. The highest BCUT2D eigenvalue weighted by atomic mass is 16.5. The number of carbonyl (C=O) groups is 2. The van der Waals surface area contributed by atoms with Gasteiger partial charge in [0.2, 0.25) is 0 Å². The first-order valence-corrected chi connectivity index (χ1v) is 10.0. The smallest absolute Gasteiger partial charge is 0.338 e. The number of ether oxygens (including phenoxy) is 2. The summed E-state index contributed by atoms with van der Waals surface area (Å²) in [7, 11) is 0. The summed E-state index contributed by atoms with van der Waals surface area (Å²) in [6.07, 6.45) is 4.27. The molecule has 0 aliphatic rings. The van der Waals surface area contributed by atoms with Crippen LogP contribution in [0.15, 0.2) is 54.1 Å². The Bertz CT molecular complexity index is 927. The number of anilines is 1. The molecule has 1 amide bonds. The highest BCUT2D eigenvalue weighted by Gasteiger charge is 2.12. The van der Waals surface area contributed by atoms with Crippen LogP contribution in [0.1, 0.15) is 49.0 Å². The lowest BCUT2D eigenvalue weighted by atomic mass is 10.1. The molecule has 6 nitrogen and oxygen atoms in total. The fourth-order valence-corrected chi connectivity index (χ4v) is 2.51. The molecule has 2 aromatic carbocycles. The van der Waals surface area contributed by atoms with E-state index in [0.717, 1.165) is 25.0 Å². The third kappa shape index (κ3) is 7.10. The summed E-state index contributed by atoms with van der Waals surface area (Å²) in [6, 6.07) is 15.5. The maximum absolute atomic E-state index is 12.5. The fraction of sp³-hybridized carbons (Fsp3) is 0.292. The second-order valence-corrected chi connectivity index (χ2v) is 6.61. The molecule has 0 aliphatic carbocycles. The average Bonchev–Trinajstić information content (AvgIpc) is 2.77. The number of unbranched alkanes of at least 4 members (excludes halogenated alkanes) is 1. The second-order valence-electron chi connectivity index (χ2n) is 6.61. The van der Waals surface area contributed by atoms with Crippen molar-refractivity contribution in [3.05, 3.63) is 65.2 Å². The van der Waals surface area contributed by atoms with Crippen LogP contribution in [-0.2, 0) is 9.53 Å². The first kappa shape index (κ1) is 22.7. The molecule has 0 radical (unpaired) electrons. The van der Waals surface area contributed by atoms with Gasteiger partial charge in [-0.05, 0) is 54.8 Å². The summed E-state index contributed by atoms with van der Waals surface area (Å²) in [5, 5.41) is 12.0. The lowest BCUT2D eigenvalue weighted by Gasteiger charge is -2.08. The molecule has 156 valence electrons. The van der Waals surface area contributed by atoms with Crippen LogP contribution < -0.4 is 10.1 Å². The number of nitrogens with zero attached hydrogens (tertiary/aromatic N) is 1. The first-order chi connectivity index (χ1) is 14.6. The van der Waals surface area contributed by atoms with E-state index in [1.165, 1.54) is 12.1 Å². The zero-order valence-corrected chi connectivity index (χ0v) is 17.3. The van der Waals surface area contributed by atoms with Crippen LogP contribution >= 0.6 is 0 Å². The summed E-state index contributed by atoms with van der Waals surface area (Å²) in [5.41, 5.74) is 1.41. The normalized spacial score (nSPS) is 10.8. The molecular formula is C24H26N2O4. The molecule has 6 heteroatoms. The average molecular weight is 406 g/mol. The topological polar surface area (TPSA) is 88.4 Å². The van der Waals surface area contributed by atoms with Gasteiger partial charge in [0.1, 0.15) is 17.4 Å². The van der Waals surface area contributed by atoms with Crippen LogP contribution in [0.2, 0.25) is 0 Å². The van der Waals surface area contributed by atoms with E-state index in [-0.39, 0.29) is 5.57 Å². The van der Waals surface area contributed by atoms with Crippen molar-refractivity contribution >= 4 is 23.6 Å². The molecule has 0 saturated heterocycles. The van der Waals surface area contributed by atoms with Gasteiger partial charge in [-0.1, -0.05) is 38.5 Å². The molecule has 0 aliphatic heterocycles. The van der Waals surface area contributed by atoms with E-state index < -0.39 is 11.9 Å². The highest BCUT2D eigenvalue weighted by Crippen LogP contribution is 2.17. The maximum Gasteiger partial charge on any atom is 0.338 e. The highest BCUT2D eigenvalue weighted by molar-refractivity contribution is 6.10. The molecule has 2 aromatic rings. The second kappa shape index (κ2) is 12.1. The van der Waals surface area contributed by atoms with Crippen LogP contribution in [0.4, 0.5) is 5.69 Å². The Kier molecular flexibility index (Phi) is 9.14.